The molecule has 0 aliphatic heterocycles. The lowest BCUT2D eigenvalue weighted by Gasteiger charge is -2.39. The first-order chi connectivity index (χ1) is 6.91. The molecule has 0 aliphatic rings. The van der Waals surface area contributed by atoms with E-state index in [-0.39, 0.29) is 11.6 Å². The van der Waals surface area contributed by atoms with Crippen molar-refractivity contribution in [1.29, 1.82) is 0 Å². The zero-order valence-corrected chi connectivity index (χ0v) is 11.1. The van der Waals surface area contributed by atoms with Crippen molar-refractivity contribution in [3.8, 4) is 0 Å². The Morgan fingerprint density at radius 3 is 2.47 bits per heavy atom. The van der Waals surface area contributed by atoms with Gasteiger partial charge in [-0.1, -0.05) is 11.6 Å². The highest BCUT2D eigenvalue weighted by Gasteiger charge is 2.34. The molecule has 1 heterocycles. The van der Waals surface area contributed by atoms with Crippen molar-refractivity contribution in [2.24, 2.45) is 5.84 Å². The molecule has 0 saturated heterocycles. The number of nitrogens with zero attached hydrogens (tertiary/aromatic N) is 1. The zero-order chi connectivity index (χ0) is 11.6. The summed E-state index contributed by atoms with van der Waals surface area (Å²) in [5.74, 6) is 5.63. The van der Waals surface area contributed by atoms with Crippen molar-refractivity contribution in [2.75, 3.05) is 14.1 Å². The molecule has 1 atom stereocenters. The van der Waals surface area contributed by atoms with E-state index in [0.29, 0.717) is 0 Å². The third-order valence-electron chi connectivity index (χ3n) is 2.93. The molecule has 0 amide bonds. The second-order valence-electron chi connectivity index (χ2n) is 4.28. The predicted molar refractivity (Wildman–Crippen MR) is 67.2 cm³/mol. The van der Waals surface area contributed by atoms with Gasteiger partial charge < -0.3 is 4.90 Å². The highest BCUT2D eigenvalue weighted by Crippen LogP contribution is 2.36. The summed E-state index contributed by atoms with van der Waals surface area (Å²) in [7, 11) is 4.07. The number of hydrazine groups is 1. The molecule has 0 fully saturated rings. The highest BCUT2D eigenvalue weighted by atomic mass is 35.5. The Labute approximate surface area is 100 Å². The average molecular weight is 248 g/mol. The van der Waals surface area contributed by atoms with Crippen LogP contribution in [0.5, 0.6) is 0 Å². The molecule has 3 N–H and O–H groups in total. The van der Waals surface area contributed by atoms with Crippen LogP contribution in [0.15, 0.2) is 11.4 Å². The molecule has 1 rings (SSSR count). The van der Waals surface area contributed by atoms with Crippen LogP contribution in [0.25, 0.3) is 0 Å². The van der Waals surface area contributed by atoms with Gasteiger partial charge in [-0.3, -0.25) is 11.3 Å². The van der Waals surface area contributed by atoms with Crippen molar-refractivity contribution in [1.82, 2.24) is 10.3 Å². The first-order valence-corrected chi connectivity index (χ1v) is 6.03. The van der Waals surface area contributed by atoms with Crippen LogP contribution in [-0.4, -0.2) is 24.5 Å². The van der Waals surface area contributed by atoms with E-state index in [2.05, 4.69) is 24.2 Å². The molecule has 0 aliphatic carbocycles. The smallest absolute Gasteiger partial charge is 0.0746 e. The van der Waals surface area contributed by atoms with Gasteiger partial charge in [0.05, 0.1) is 11.1 Å². The second-order valence-corrected chi connectivity index (χ2v) is 5.64. The Kier molecular flexibility index (Phi) is 4.14. The van der Waals surface area contributed by atoms with Gasteiger partial charge in [0.2, 0.25) is 0 Å². The lowest BCUT2D eigenvalue weighted by molar-refractivity contribution is 0.140. The Bertz CT molecular complexity index is 322. The molecule has 3 nitrogen and oxygen atoms in total. The fourth-order valence-electron chi connectivity index (χ4n) is 1.37. The minimum atomic E-state index is -0.0940. The van der Waals surface area contributed by atoms with Gasteiger partial charge in [-0.05, 0) is 39.4 Å². The summed E-state index contributed by atoms with van der Waals surface area (Å²) in [5, 5.41) is 2.76. The van der Waals surface area contributed by atoms with Gasteiger partial charge >= 0.3 is 0 Å². The third-order valence-corrected chi connectivity index (χ3v) is 4.36. The van der Waals surface area contributed by atoms with Crippen LogP contribution >= 0.6 is 22.9 Å². The van der Waals surface area contributed by atoms with Crippen molar-refractivity contribution < 1.29 is 0 Å². The maximum absolute atomic E-state index is 6.12. The first-order valence-electron chi connectivity index (χ1n) is 4.77. The molecule has 15 heavy (non-hydrogen) atoms. The first kappa shape index (κ1) is 12.9. The number of thiophene rings is 1. The average Bonchev–Trinajstić information content (AvgIpc) is 2.53. The summed E-state index contributed by atoms with van der Waals surface area (Å²) < 4.78 is 0. The Morgan fingerprint density at radius 2 is 2.13 bits per heavy atom. The number of nitrogens with one attached hydrogen (secondary N) is 1. The van der Waals surface area contributed by atoms with Gasteiger partial charge in [-0.25, -0.2) is 0 Å². The van der Waals surface area contributed by atoms with E-state index in [4.69, 9.17) is 17.4 Å². The van der Waals surface area contributed by atoms with Gasteiger partial charge in [0.15, 0.2) is 0 Å². The number of hydrogen-bond donors (Lipinski definition) is 2. The normalized spacial score (nSPS) is 14.6. The Balaban J connectivity index is 3.04. The lowest BCUT2D eigenvalue weighted by atomic mass is 9.92. The number of halogens is 1. The molecule has 0 spiro atoms. The van der Waals surface area contributed by atoms with E-state index in [0.717, 1.165) is 9.90 Å². The van der Waals surface area contributed by atoms with Crippen LogP contribution in [0.3, 0.4) is 0 Å². The molecule has 1 aromatic rings. The molecular weight excluding hydrogens is 230 g/mol. The topological polar surface area (TPSA) is 41.3 Å². The molecule has 86 valence electrons. The van der Waals surface area contributed by atoms with Crippen LogP contribution in [-0.2, 0) is 0 Å². The van der Waals surface area contributed by atoms with Gasteiger partial charge in [0, 0.05) is 10.4 Å². The van der Waals surface area contributed by atoms with Crippen LogP contribution in [0.4, 0.5) is 0 Å². The van der Waals surface area contributed by atoms with E-state index >= 15 is 0 Å². The third kappa shape index (κ3) is 2.52. The van der Waals surface area contributed by atoms with Gasteiger partial charge in [-0.2, -0.15) is 0 Å². The molecular formula is C10H18ClN3S. The number of likely N-dealkylation sites (N-methyl/N-ethyl adjacent to an activating group) is 1. The van der Waals surface area contributed by atoms with Crippen molar-refractivity contribution in [2.45, 2.75) is 25.4 Å². The summed E-state index contributed by atoms with van der Waals surface area (Å²) in [6.45, 7) is 4.27. The van der Waals surface area contributed by atoms with Crippen LogP contribution in [0, 0.1) is 0 Å². The van der Waals surface area contributed by atoms with E-state index in [1.165, 1.54) is 0 Å². The minimum Gasteiger partial charge on any atom is -0.302 e. The quantitative estimate of drug-likeness (QED) is 0.634. The Morgan fingerprint density at radius 1 is 1.53 bits per heavy atom. The predicted octanol–water partition coefficient (Wildman–Crippen LogP) is 2.25. The molecule has 5 heteroatoms. The van der Waals surface area contributed by atoms with E-state index in [1.807, 2.05) is 25.5 Å². The maximum atomic E-state index is 6.12. The molecule has 1 aromatic heterocycles. The molecule has 0 bridgehead atoms. The van der Waals surface area contributed by atoms with Gasteiger partial charge in [0.25, 0.3) is 0 Å². The molecule has 1 unspecified atom stereocenters. The summed E-state index contributed by atoms with van der Waals surface area (Å²) in [6.07, 6.45) is 0. The maximum Gasteiger partial charge on any atom is 0.0746 e. The standard InChI is InChI=1S/C10H18ClN3S/c1-10(2,14(3)4)9(13-12)8-7(11)5-6-15-8/h5-6,9,13H,12H2,1-4H3. The SMILES string of the molecule is CN(C)C(C)(C)C(NN)c1sccc1Cl. The van der Waals surface area contributed by atoms with Crippen LogP contribution < -0.4 is 11.3 Å². The summed E-state index contributed by atoms with van der Waals surface area (Å²) in [4.78, 5) is 3.21. The van der Waals surface area contributed by atoms with E-state index in [9.17, 15) is 0 Å². The lowest BCUT2D eigenvalue weighted by Crippen LogP contribution is -2.51. The van der Waals surface area contributed by atoms with Crippen molar-refractivity contribution in [3.63, 3.8) is 0 Å². The monoisotopic (exact) mass is 247 g/mol. The van der Waals surface area contributed by atoms with E-state index < -0.39 is 0 Å². The summed E-state index contributed by atoms with van der Waals surface area (Å²) in [6, 6.07) is 1.93. The number of rotatable bonds is 4. The van der Waals surface area contributed by atoms with Crippen LogP contribution in [0.2, 0.25) is 5.02 Å². The summed E-state index contributed by atoms with van der Waals surface area (Å²) in [5.41, 5.74) is 2.76. The van der Waals surface area contributed by atoms with Crippen molar-refractivity contribution in [3.05, 3.63) is 21.3 Å². The Hall–Kier alpha value is -0.130. The molecule has 0 radical (unpaired) electrons. The molecule has 0 saturated carbocycles. The minimum absolute atomic E-state index is 0.0278. The second kappa shape index (κ2) is 4.80. The van der Waals surface area contributed by atoms with E-state index in [1.54, 1.807) is 11.3 Å². The number of nitrogens with two attached hydrogens (primary N) is 1. The van der Waals surface area contributed by atoms with Crippen LogP contribution in [0.1, 0.15) is 24.8 Å². The van der Waals surface area contributed by atoms with Crippen molar-refractivity contribution >= 4 is 22.9 Å². The highest BCUT2D eigenvalue weighted by molar-refractivity contribution is 7.10. The van der Waals surface area contributed by atoms with Gasteiger partial charge in [-0.15, -0.1) is 11.3 Å². The summed E-state index contributed by atoms with van der Waals surface area (Å²) >= 11 is 7.75. The molecule has 0 aromatic carbocycles. The fraction of sp³-hybridized carbons (Fsp3) is 0.600. The largest absolute Gasteiger partial charge is 0.302 e. The zero-order valence-electron chi connectivity index (χ0n) is 9.54. The fourth-order valence-corrected chi connectivity index (χ4v) is 2.77. The van der Waals surface area contributed by atoms with Gasteiger partial charge in [0.1, 0.15) is 0 Å². The number of hydrogen-bond acceptors (Lipinski definition) is 4.